The number of hydrogen-bond acceptors (Lipinski definition) is 6. The lowest BCUT2D eigenvalue weighted by atomic mass is 10.0. The van der Waals surface area contributed by atoms with Crippen molar-refractivity contribution in [2.45, 2.75) is 24.7 Å². The molecule has 0 atom stereocenters. The Hall–Kier alpha value is -3.30. The van der Waals surface area contributed by atoms with Crippen LogP contribution < -0.4 is 9.80 Å². The zero-order valence-corrected chi connectivity index (χ0v) is 19.9. The van der Waals surface area contributed by atoms with Crippen molar-refractivity contribution in [2.75, 3.05) is 42.5 Å². The van der Waals surface area contributed by atoms with Crippen LogP contribution in [0.4, 0.5) is 11.5 Å². The molecule has 9 heteroatoms. The number of amides is 1. The highest BCUT2D eigenvalue weighted by atomic mass is 32.2. The van der Waals surface area contributed by atoms with Gasteiger partial charge in [0.15, 0.2) is 5.82 Å². The SMILES string of the molecule is CC(=O)N1CCCc2cc(S(=O)(=O)N3CCN(c4ccc(-c5ccccc5)nn4)CC3)ccc21. The predicted molar refractivity (Wildman–Crippen MR) is 131 cm³/mol. The summed E-state index contributed by atoms with van der Waals surface area (Å²) in [5.74, 6) is 0.724. The third-order valence-electron chi connectivity index (χ3n) is 6.47. The van der Waals surface area contributed by atoms with Crippen LogP contribution in [0.15, 0.2) is 65.6 Å². The Kier molecular flexibility index (Phi) is 6.05. The number of anilines is 2. The average molecular weight is 478 g/mol. The molecule has 2 aliphatic heterocycles. The molecule has 1 aromatic heterocycles. The summed E-state index contributed by atoms with van der Waals surface area (Å²) < 4.78 is 28.2. The minimum Gasteiger partial charge on any atom is -0.352 e. The maximum absolute atomic E-state index is 13.3. The molecule has 1 fully saturated rings. The fourth-order valence-corrected chi connectivity index (χ4v) is 6.10. The van der Waals surface area contributed by atoms with E-state index in [1.807, 2.05) is 42.5 Å². The van der Waals surface area contributed by atoms with E-state index in [1.54, 1.807) is 30.0 Å². The molecule has 1 amide bonds. The summed E-state index contributed by atoms with van der Waals surface area (Å²) in [6, 6.07) is 18.9. The summed E-state index contributed by atoms with van der Waals surface area (Å²) in [5, 5.41) is 8.72. The summed E-state index contributed by atoms with van der Waals surface area (Å²) in [5.41, 5.74) is 3.55. The van der Waals surface area contributed by atoms with Crippen LogP contribution in [-0.2, 0) is 21.2 Å². The van der Waals surface area contributed by atoms with E-state index in [4.69, 9.17) is 0 Å². The smallest absolute Gasteiger partial charge is 0.243 e. The van der Waals surface area contributed by atoms with Gasteiger partial charge in [-0.25, -0.2) is 8.42 Å². The molecule has 0 bridgehead atoms. The molecule has 0 radical (unpaired) electrons. The van der Waals surface area contributed by atoms with Crippen molar-refractivity contribution < 1.29 is 13.2 Å². The maximum atomic E-state index is 13.3. The summed E-state index contributed by atoms with van der Waals surface area (Å²) in [6.07, 6.45) is 1.60. The van der Waals surface area contributed by atoms with Gasteiger partial charge < -0.3 is 9.80 Å². The maximum Gasteiger partial charge on any atom is 0.243 e. The second-order valence-corrected chi connectivity index (χ2v) is 10.5. The number of carbonyl (C=O) groups excluding carboxylic acids is 1. The fraction of sp³-hybridized carbons (Fsp3) is 0.320. The quantitative estimate of drug-likeness (QED) is 0.574. The first-order valence-corrected chi connectivity index (χ1v) is 12.9. The summed E-state index contributed by atoms with van der Waals surface area (Å²) in [4.78, 5) is 16.0. The van der Waals surface area contributed by atoms with Crippen molar-refractivity contribution in [2.24, 2.45) is 0 Å². The number of nitrogens with zero attached hydrogens (tertiary/aromatic N) is 5. The first-order chi connectivity index (χ1) is 16.4. The summed E-state index contributed by atoms with van der Waals surface area (Å²) in [7, 11) is -3.61. The fourth-order valence-electron chi connectivity index (χ4n) is 4.62. The van der Waals surface area contributed by atoms with E-state index in [0.29, 0.717) is 32.7 Å². The molecule has 1 saturated heterocycles. The highest BCUT2D eigenvalue weighted by Gasteiger charge is 2.30. The molecule has 34 heavy (non-hydrogen) atoms. The minimum atomic E-state index is -3.61. The van der Waals surface area contributed by atoms with Crippen molar-refractivity contribution in [1.29, 1.82) is 0 Å². The van der Waals surface area contributed by atoms with Crippen LogP contribution >= 0.6 is 0 Å². The number of aromatic nitrogens is 2. The van der Waals surface area contributed by atoms with Gasteiger partial charge in [-0.05, 0) is 48.7 Å². The largest absolute Gasteiger partial charge is 0.352 e. The Bertz CT molecular complexity index is 1290. The van der Waals surface area contributed by atoms with Gasteiger partial charge in [0.25, 0.3) is 0 Å². The molecule has 5 rings (SSSR count). The molecular weight excluding hydrogens is 450 g/mol. The second-order valence-electron chi connectivity index (χ2n) is 8.60. The molecule has 3 aromatic rings. The van der Waals surface area contributed by atoms with Gasteiger partial charge in [-0.3, -0.25) is 4.79 Å². The Morgan fingerprint density at radius 3 is 2.32 bits per heavy atom. The number of rotatable bonds is 4. The molecule has 2 aromatic carbocycles. The molecule has 8 nitrogen and oxygen atoms in total. The summed E-state index contributed by atoms with van der Waals surface area (Å²) >= 11 is 0. The molecule has 0 aliphatic carbocycles. The van der Waals surface area contributed by atoms with E-state index in [9.17, 15) is 13.2 Å². The zero-order chi connectivity index (χ0) is 23.7. The van der Waals surface area contributed by atoms with Crippen molar-refractivity contribution in [3.05, 3.63) is 66.2 Å². The molecule has 0 unspecified atom stereocenters. The molecule has 176 valence electrons. The number of benzene rings is 2. The Morgan fingerprint density at radius 2 is 1.65 bits per heavy atom. The Balaban J connectivity index is 1.28. The number of sulfonamides is 1. The van der Waals surface area contributed by atoms with Crippen molar-refractivity contribution in [1.82, 2.24) is 14.5 Å². The molecular formula is C25H27N5O3S. The summed E-state index contributed by atoms with van der Waals surface area (Å²) in [6.45, 7) is 4.05. The van der Waals surface area contributed by atoms with E-state index < -0.39 is 10.0 Å². The topological polar surface area (TPSA) is 86.7 Å². The molecule has 2 aliphatic rings. The van der Waals surface area contributed by atoms with Gasteiger partial charge in [-0.1, -0.05) is 30.3 Å². The lowest BCUT2D eigenvalue weighted by molar-refractivity contribution is -0.116. The normalized spacial score (nSPS) is 16.9. The average Bonchev–Trinajstić information content (AvgIpc) is 2.88. The van der Waals surface area contributed by atoms with Gasteiger partial charge >= 0.3 is 0 Å². The lowest BCUT2D eigenvalue weighted by Crippen LogP contribution is -2.49. The first kappa shape index (κ1) is 22.5. The minimum absolute atomic E-state index is 0.0208. The third-order valence-corrected chi connectivity index (χ3v) is 8.36. The number of aryl methyl sites for hydroxylation is 1. The molecule has 0 spiro atoms. The third kappa shape index (κ3) is 4.28. The highest BCUT2D eigenvalue weighted by molar-refractivity contribution is 7.89. The van der Waals surface area contributed by atoms with Crippen molar-refractivity contribution >= 4 is 27.4 Å². The first-order valence-electron chi connectivity index (χ1n) is 11.5. The van der Waals surface area contributed by atoms with E-state index in [0.717, 1.165) is 41.2 Å². The van der Waals surface area contributed by atoms with Crippen LogP contribution in [0.5, 0.6) is 0 Å². The van der Waals surface area contributed by atoms with E-state index >= 15 is 0 Å². The second kappa shape index (κ2) is 9.15. The number of carbonyl (C=O) groups is 1. The number of fused-ring (bicyclic) bond motifs is 1. The predicted octanol–water partition coefficient (Wildman–Crippen LogP) is 2.95. The van der Waals surface area contributed by atoms with Gasteiger partial charge in [-0.2, -0.15) is 4.31 Å². The van der Waals surface area contributed by atoms with Crippen LogP contribution in [0.3, 0.4) is 0 Å². The lowest BCUT2D eigenvalue weighted by Gasteiger charge is -2.35. The van der Waals surface area contributed by atoms with Gasteiger partial charge in [0.1, 0.15) is 0 Å². The number of hydrogen-bond donors (Lipinski definition) is 0. The van der Waals surface area contributed by atoms with Crippen LogP contribution in [-0.4, -0.2) is 61.6 Å². The van der Waals surface area contributed by atoms with Gasteiger partial charge in [-0.15, -0.1) is 10.2 Å². The van der Waals surface area contributed by atoms with Crippen LogP contribution in [0.2, 0.25) is 0 Å². The highest BCUT2D eigenvalue weighted by Crippen LogP contribution is 2.31. The van der Waals surface area contributed by atoms with Gasteiger partial charge in [0.05, 0.1) is 10.6 Å². The van der Waals surface area contributed by atoms with Crippen LogP contribution in [0, 0.1) is 0 Å². The van der Waals surface area contributed by atoms with Crippen LogP contribution in [0.1, 0.15) is 18.9 Å². The zero-order valence-electron chi connectivity index (χ0n) is 19.1. The number of piperazine rings is 1. The van der Waals surface area contributed by atoms with Crippen LogP contribution in [0.25, 0.3) is 11.3 Å². The van der Waals surface area contributed by atoms with E-state index in [2.05, 4.69) is 15.1 Å². The Morgan fingerprint density at radius 1 is 0.882 bits per heavy atom. The van der Waals surface area contributed by atoms with E-state index in [1.165, 1.54) is 4.31 Å². The van der Waals surface area contributed by atoms with Gasteiger partial charge in [0, 0.05) is 50.9 Å². The molecule has 3 heterocycles. The van der Waals surface area contributed by atoms with E-state index in [-0.39, 0.29) is 10.8 Å². The molecule has 0 saturated carbocycles. The van der Waals surface area contributed by atoms with Crippen molar-refractivity contribution in [3.8, 4) is 11.3 Å². The van der Waals surface area contributed by atoms with Gasteiger partial charge in [0.2, 0.25) is 15.9 Å². The van der Waals surface area contributed by atoms with Crippen molar-refractivity contribution in [3.63, 3.8) is 0 Å². The standard InChI is InChI=1S/C25H27N5O3S/c1-19(31)30-13-5-8-21-18-22(9-11-24(21)30)34(32,33)29-16-14-28(15-17-29)25-12-10-23(26-27-25)20-6-3-2-4-7-20/h2-4,6-7,9-12,18H,5,8,13-17H2,1H3. The molecule has 0 N–H and O–H groups in total. The Labute approximate surface area is 199 Å². The monoisotopic (exact) mass is 477 g/mol.